The van der Waals surface area contributed by atoms with Crippen LogP contribution in [0.25, 0.3) is 0 Å². The van der Waals surface area contributed by atoms with Gasteiger partial charge in [-0.3, -0.25) is 9.59 Å². The molecule has 0 atom stereocenters. The zero-order valence-corrected chi connectivity index (χ0v) is 20.0. The molecule has 0 unspecified atom stereocenters. The molecular formula is C22H41BrN2O3. The van der Waals surface area contributed by atoms with Gasteiger partial charge in [0.1, 0.15) is 5.69 Å². The number of aromatic hydroxyl groups is 1. The van der Waals surface area contributed by atoms with Gasteiger partial charge in [-0.1, -0.05) is 58.3 Å². The van der Waals surface area contributed by atoms with Crippen LogP contribution < -0.4 is 32.7 Å². The Labute approximate surface area is 181 Å². The molecule has 1 aromatic carbocycles. The topological polar surface area (TPSA) is 57.6 Å². The van der Waals surface area contributed by atoms with E-state index in [-0.39, 0.29) is 28.4 Å². The van der Waals surface area contributed by atoms with Crippen LogP contribution in [-0.2, 0) is 0 Å². The van der Waals surface area contributed by atoms with Crippen molar-refractivity contribution in [3.8, 4) is 5.75 Å². The van der Waals surface area contributed by atoms with Crippen LogP contribution in [-0.4, -0.2) is 50.4 Å². The van der Waals surface area contributed by atoms with Crippen molar-refractivity contribution in [2.75, 3.05) is 45.7 Å². The van der Waals surface area contributed by atoms with Gasteiger partial charge in [-0.15, -0.1) is 0 Å². The molecule has 6 heteroatoms. The van der Waals surface area contributed by atoms with Crippen LogP contribution in [0.5, 0.6) is 5.75 Å². The zero-order chi connectivity index (χ0) is 20.3. The summed E-state index contributed by atoms with van der Waals surface area (Å²) >= 11 is 0. The lowest BCUT2D eigenvalue weighted by Gasteiger charge is -2.31. The Hall–Kier alpha value is -0.880. The molecule has 0 fully saturated rings. The van der Waals surface area contributed by atoms with Gasteiger partial charge < -0.3 is 31.5 Å². The van der Waals surface area contributed by atoms with Crippen molar-refractivity contribution in [3.05, 3.63) is 20.4 Å². The Morgan fingerprint density at radius 2 is 1.25 bits per heavy atom. The fraction of sp³-hybridized carbons (Fsp3) is 0.818. The molecule has 0 aromatic heterocycles. The maximum absolute atomic E-state index is 11.5. The van der Waals surface area contributed by atoms with E-state index in [1.54, 1.807) is 11.9 Å². The van der Waals surface area contributed by atoms with E-state index in [2.05, 4.69) is 21.0 Å². The Kier molecular flexibility index (Phi) is 13.7. The number of hydrogen-bond donors (Lipinski definition) is 1. The van der Waals surface area contributed by atoms with E-state index in [9.17, 15) is 14.7 Å². The quantitative estimate of drug-likeness (QED) is 0.225. The molecule has 0 heterocycles. The monoisotopic (exact) mass is 460 g/mol. The molecule has 0 amide bonds. The number of rotatable bonds is 16. The fourth-order valence-corrected chi connectivity index (χ4v) is 3.71. The van der Waals surface area contributed by atoms with Gasteiger partial charge in [-0.25, -0.2) is 0 Å². The third-order valence-electron chi connectivity index (χ3n) is 5.62. The third-order valence-corrected chi connectivity index (χ3v) is 5.62. The van der Waals surface area contributed by atoms with Crippen LogP contribution in [0.3, 0.4) is 0 Å². The van der Waals surface area contributed by atoms with Gasteiger partial charge in [-0.05, 0) is 12.8 Å². The fourth-order valence-electron chi connectivity index (χ4n) is 3.71. The summed E-state index contributed by atoms with van der Waals surface area (Å²) in [5.74, 6) is -0.374. The lowest BCUT2D eigenvalue weighted by Crippen LogP contribution is -3.00. The second kappa shape index (κ2) is 14.2. The second-order valence-corrected chi connectivity index (χ2v) is 8.70. The molecular weight excluding hydrogens is 420 g/mol. The predicted octanol–water partition coefficient (Wildman–Crippen LogP) is 0.816. The Balaban J connectivity index is 0.00000729. The Morgan fingerprint density at radius 1 is 0.786 bits per heavy atom. The minimum atomic E-state index is -0.756. The lowest BCUT2D eigenvalue weighted by atomic mass is 10.1. The van der Waals surface area contributed by atoms with Crippen LogP contribution in [0.4, 0.5) is 5.69 Å². The summed E-state index contributed by atoms with van der Waals surface area (Å²) < 4.78 is 0.975. The highest BCUT2D eigenvalue weighted by molar-refractivity contribution is 5.62. The summed E-state index contributed by atoms with van der Waals surface area (Å²) in [4.78, 5) is 24.3. The van der Waals surface area contributed by atoms with Gasteiger partial charge in [0.05, 0.1) is 27.2 Å². The van der Waals surface area contributed by atoms with E-state index in [1.807, 2.05) is 0 Å². The number of halogens is 1. The molecule has 0 radical (unpaired) electrons. The maximum atomic E-state index is 11.5. The maximum Gasteiger partial charge on any atom is 0.271 e. The van der Waals surface area contributed by atoms with Crippen LogP contribution in [0.1, 0.15) is 77.6 Å². The van der Waals surface area contributed by atoms with Gasteiger partial charge >= 0.3 is 0 Å². The molecule has 1 N–H and O–H groups in total. The van der Waals surface area contributed by atoms with Crippen LogP contribution in [0.2, 0.25) is 0 Å². The van der Waals surface area contributed by atoms with Gasteiger partial charge in [0.2, 0.25) is 0 Å². The molecule has 0 bridgehead atoms. The summed E-state index contributed by atoms with van der Waals surface area (Å²) in [6, 6.07) is 0. The minimum absolute atomic E-state index is 0. The number of nitrogens with zero attached hydrogens (tertiary/aromatic N) is 2. The molecule has 0 aliphatic rings. The van der Waals surface area contributed by atoms with Crippen molar-refractivity contribution >= 4 is 5.69 Å². The molecule has 0 saturated heterocycles. The van der Waals surface area contributed by atoms with E-state index in [1.165, 1.54) is 70.8 Å². The van der Waals surface area contributed by atoms with Crippen LogP contribution >= 0.6 is 0 Å². The molecule has 0 aliphatic carbocycles. The summed E-state index contributed by atoms with van der Waals surface area (Å²) in [6.45, 7) is 5.14. The predicted molar refractivity (Wildman–Crippen MR) is 115 cm³/mol. The molecule has 1 rings (SSSR count). The van der Waals surface area contributed by atoms with E-state index in [4.69, 9.17) is 0 Å². The minimum Gasteiger partial charge on any atom is -1.00 e. The summed E-state index contributed by atoms with van der Waals surface area (Å²) in [6.07, 6.45) is 14.5. The number of quaternary nitrogens is 1. The van der Waals surface area contributed by atoms with Crippen molar-refractivity contribution < 1.29 is 26.6 Å². The smallest absolute Gasteiger partial charge is 0.271 e. The Bertz CT molecular complexity index is 609. The van der Waals surface area contributed by atoms with Gasteiger partial charge in [0.25, 0.3) is 10.9 Å². The Morgan fingerprint density at radius 3 is 1.75 bits per heavy atom. The lowest BCUT2D eigenvalue weighted by molar-refractivity contribution is -0.890. The first-order valence-electron chi connectivity index (χ1n) is 10.9. The normalized spacial score (nSPS) is 11.6. The highest BCUT2D eigenvalue weighted by Gasteiger charge is 2.23. The van der Waals surface area contributed by atoms with E-state index < -0.39 is 10.9 Å². The molecule has 5 nitrogen and oxygen atoms in total. The average molecular weight is 461 g/mol. The molecule has 164 valence electrons. The number of anilines is 1. The average Bonchev–Trinajstić information content (AvgIpc) is 2.63. The van der Waals surface area contributed by atoms with Crippen molar-refractivity contribution in [1.82, 2.24) is 0 Å². The largest absolute Gasteiger partial charge is 1.00 e. The van der Waals surface area contributed by atoms with E-state index >= 15 is 0 Å². The molecule has 28 heavy (non-hydrogen) atoms. The van der Waals surface area contributed by atoms with Gasteiger partial charge in [0.15, 0.2) is 5.75 Å². The van der Waals surface area contributed by atoms with Crippen molar-refractivity contribution in [1.29, 1.82) is 0 Å². The highest BCUT2D eigenvalue weighted by Crippen LogP contribution is 2.19. The van der Waals surface area contributed by atoms with Crippen LogP contribution in [0, 0.1) is 0 Å². The van der Waals surface area contributed by atoms with E-state index in [0.29, 0.717) is 6.54 Å². The summed E-state index contributed by atoms with van der Waals surface area (Å²) in [5, 5.41) is 9.50. The number of hydrogen-bond acceptors (Lipinski definition) is 4. The summed E-state index contributed by atoms with van der Waals surface area (Å²) in [7, 11) is 6.27. The van der Waals surface area contributed by atoms with Crippen LogP contribution in [0.15, 0.2) is 9.59 Å². The van der Waals surface area contributed by atoms with Gasteiger partial charge in [-0.2, -0.15) is 0 Å². The number of unbranched alkanes of at least 4 members (excludes halogenated alkanes) is 9. The van der Waals surface area contributed by atoms with Crippen molar-refractivity contribution in [2.24, 2.45) is 0 Å². The third kappa shape index (κ3) is 9.55. The molecule has 0 saturated carbocycles. The standard InChI is InChI=1S/C22H40N2O3.BrH/c1-5-6-7-8-9-10-11-12-13-14-17-24(3,4)18-15-16-23(2)19-20(25)22(27)21(19)26;/h5-18H2,1-4H3;1H. The molecule has 0 spiro atoms. The molecule has 1 aromatic rings. The first kappa shape index (κ1) is 27.1. The molecule has 0 aliphatic heterocycles. The van der Waals surface area contributed by atoms with E-state index in [0.717, 1.165) is 17.4 Å². The first-order valence-corrected chi connectivity index (χ1v) is 10.9. The highest BCUT2D eigenvalue weighted by atomic mass is 79.9. The second-order valence-electron chi connectivity index (χ2n) is 8.70. The van der Waals surface area contributed by atoms with Crippen molar-refractivity contribution in [3.63, 3.8) is 0 Å². The zero-order valence-electron chi connectivity index (χ0n) is 18.4. The summed E-state index contributed by atoms with van der Waals surface area (Å²) in [5.41, 5.74) is -1.14. The first-order chi connectivity index (χ1) is 12.8. The van der Waals surface area contributed by atoms with Crippen molar-refractivity contribution in [2.45, 2.75) is 77.6 Å². The van der Waals surface area contributed by atoms with Gasteiger partial charge in [0, 0.05) is 20.0 Å². The SMILES string of the molecule is CCCCCCCCCCCC[N+](C)(C)CCCN(C)c1c(O)c(=O)c1=O.[Br-].